The van der Waals surface area contributed by atoms with E-state index in [1.807, 2.05) is 48.7 Å². The van der Waals surface area contributed by atoms with E-state index in [9.17, 15) is 4.39 Å². The first-order valence-electron chi connectivity index (χ1n) is 7.90. The topological polar surface area (TPSA) is 68.2 Å². The number of nitrogens with one attached hydrogen (secondary N) is 1. The van der Waals surface area contributed by atoms with Crippen molar-refractivity contribution in [2.24, 2.45) is 5.73 Å². The van der Waals surface area contributed by atoms with Crippen LogP contribution in [0.15, 0.2) is 66.9 Å². The van der Waals surface area contributed by atoms with Crippen LogP contribution in [-0.4, -0.2) is 14.6 Å². The van der Waals surface area contributed by atoms with Crippen molar-refractivity contribution < 1.29 is 4.39 Å². The van der Waals surface area contributed by atoms with Crippen molar-refractivity contribution in [3.05, 3.63) is 78.2 Å². The highest BCUT2D eigenvalue weighted by atomic mass is 19.1. The minimum atomic E-state index is -0.280. The van der Waals surface area contributed by atoms with E-state index in [1.54, 1.807) is 10.6 Å². The molecule has 0 saturated carbocycles. The summed E-state index contributed by atoms with van der Waals surface area (Å²) in [7, 11) is 0. The van der Waals surface area contributed by atoms with Crippen LogP contribution in [0.4, 0.5) is 16.0 Å². The lowest BCUT2D eigenvalue weighted by atomic mass is 10.1. The summed E-state index contributed by atoms with van der Waals surface area (Å²) < 4.78 is 15.2. The van der Waals surface area contributed by atoms with Gasteiger partial charge in [-0.15, -0.1) is 5.10 Å². The third-order valence-corrected chi connectivity index (χ3v) is 3.94. The summed E-state index contributed by atoms with van der Waals surface area (Å²) in [5.41, 5.74) is 9.79. The lowest BCUT2D eigenvalue weighted by Gasteiger charge is -2.02. The summed E-state index contributed by atoms with van der Waals surface area (Å²) in [4.78, 5) is 4.55. The highest BCUT2D eigenvalue weighted by Crippen LogP contribution is 2.25. The Balaban J connectivity index is 1.71. The van der Waals surface area contributed by atoms with Crippen LogP contribution in [0, 0.1) is 5.82 Å². The molecule has 0 fully saturated rings. The molecular weight excluding hydrogens is 317 g/mol. The first kappa shape index (κ1) is 15.3. The van der Waals surface area contributed by atoms with Gasteiger partial charge in [-0.2, -0.15) is 4.98 Å². The van der Waals surface area contributed by atoms with Crippen LogP contribution in [-0.2, 0) is 6.54 Å². The second-order valence-electron chi connectivity index (χ2n) is 5.66. The molecule has 0 atom stereocenters. The molecule has 5 nitrogen and oxygen atoms in total. The molecule has 0 unspecified atom stereocenters. The molecule has 0 amide bonds. The molecule has 4 aromatic rings. The Morgan fingerprint density at radius 2 is 1.88 bits per heavy atom. The number of pyridine rings is 1. The maximum Gasteiger partial charge on any atom is 0.247 e. The van der Waals surface area contributed by atoms with Gasteiger partial charge < -0.3 is 11.1 Å². The number of benzene rings is 2. The van der Waals surface area contributed by atoms with Crippen LogP contribution in [0.1, 0.15) is 5.56 Å². The molecule has 0 aliphatic rings. The fraction of sp³-hybridized carbons (Fsp3) is 0.0526. The minimum absolute atomic E-state index is 0.280. The normalized spacial score (nSPS) is 11.0. The van der Waals surface area contributed by atoms with Crippen LogP contribution in [0.5, 0.6) is 0 Å². The summed E-state index contributed by atoms with van der Waals surface area (Å²) in [6.45, 7) is 0.504. The van der Waals surface area contributed by atoms with Gasteiger partial charge in [0.25, 0.3) is 0 Å². The van der Waals surface area contributed by atoms with Crippen molar-refractivity contribution in [2.45, 2.75) is 6.54 Å². The highest BCUT2D eigenvalue weighted by Gasteiger charge is 2.10. The van der Waals surface area contributed by atoms with Crippen LogP contribution in [0.3, 0.4) is 0 Å². The molecule has 0 radical (unpaired) electrons. The SMILES string of the molecule is NCc1ccc(Nc2nc3c(-c4cccc(F)c4)cccn3n2)cc1. The van der Waals surface area contributed by atoms with Crippen LogP contribution in [0.2, 0.25) is 0 Å². The lowest BCUT2D eigenvalue weighted by Crippen LogP contribution is -1.97. The first-order valence-corrected chi connectivity index (χ1v) is 7.90. The van der Waals surface area contributed by atoms with Gasteiger partial charge in [-0.3, -0.25) is 0 Å². The van der Waals surface area contributed by atoms with Gasteiger partial charge in [0.2, 0.25) is 5.95 Å². The van der Waals surface area contributed by atoms with E-state index in [0.717, 1.165) is 22.4 Å². The summed E-state index contributed by atoms with van der Waals surface area (Å²) in [5.74, 6) is 0.196. The quantitative estimate of drug-likeness (QED) is 0.597. The van der Waals surface area contributed by atoms with Crippen molar-refractivity contribution >= 4 is 17.3 Å². The van der Waals surface area contributed by atoms with Gasteiger partial charge in [-0.1, -0.05) is 24.3 Å². The molecule has 0 bridgehead atoms. The Morgan fingerprint density at radius 3 is 2.64 bits per heavy atom. The molecule has 25 heavy (non-hydrogen) atoms. The Morgan fingerprint density at radius 1 is 1.04 bits per heavy atom. The summed E-state index contributed by atoms with van der Waals surface area (Å²) in [5, 5.41) is 7.61. The van der Waals surface area contributed by atoms with E-state index in [1.165, 1.54) is 12.1 Å². The van der Waals surface area contributed by atoms with Crippen molar-refractivity contribution in [1.82, 2.24) is 14.6 Å². The zero-order valence-electron chi connectivity index (χ0n) is 13.4. The third kappa shape index (κ3) is 3.07. The average molecular weight is 333 g/mol. The smallest absolute Gasteiger partial charge is 0.247 e. The first-order chi connectivity index (χ1) is 12.2. The van der Waals surface area contributed by atoms with Gasteiger partial charge in [-0.05, 0) is 47.5 Å². The monoisotopic (exact) mass is 333 g/mol. The standard InChI is InChI=1S/C19H16FN5/c20-15-4-1-3-14(11-15)17-5-2-10-25-18(17)23-19(24-25)22-16-8-6-13(12-21)7-9-16/h1-11H,12,21H2,(H,22,24). The second kappa shape index (κ2) is 6.33. The minimum Gasteiger partial charge on any atom is -0.326 e. The lowest BCUT2D eigenvalue weighted by molar-refractivity contribution is 0.628. The predicted octanol–water partition coefficient (Wildman–Crippen LogP) is 3.74. The fourth-order valence-electron chi connectivity index (χ4n) is 2.69. The maximum atomic E-state index is 13.5. The molecule has 0 saturated heterocycles. The van der Waals surface area contributed by atoms with Crippen molar-refractivity contribution in [3.63, 3.8) is 0 Å². The van der Waals surface area contributed by atoms with E-state index >= 15 is 0 Å². The molecule has 2 heterocycles. The summed E-state index contributed by atoms with van der Waals surface area (Å²) in [6, 6.07) is 18.0. The van der Waals surface area contributed by atoms with Crippen molar-refractivity contribution in [3.8, 4) is 11.1 Å². The third-order valence-electron chi connectivity index (χ3n) is 3.94. The highest BCUT2D eigenvalue weighted by molar-refractivity contribution is 5.78. The van der Waals surface area contributed by atoms with Crippen LogP contribution >= 0.6 is 0 Å². The van der Waals surface area contributed by atoms with E-state index in [4.69, 9.17) is 5.73 Å². The zero-order chi connectivity index (χ0) is 17.2. The van der Waals surface area contributed by atoms with Gasteiger partial charge in [0, 0.05) is 24.0 Å². The maximum absolute atomic E-state index is 13.5. The molecule has 0 aliphatic carbocycles. The van der Waals surface area contributed by atoms with E-state index in [2.05, 4.69) is 15.4 Å². The number of halogens is 1. The van der Waals surface area contributed by atoms with Crippen LogP contribution < -0.4 is 11.1 Å². The number of anilines is 2. The molecule has 2 aromatic heterocycles. The van der Waals surface area contributed by atoms with Gasteiger partial charge in [0.1, 0.15) is 5.82 Å². The predicted molar refractivity (Wildman–Crippen MR) is 96.0 cm³/mol. The molecule has 6 heteroatoms. The van der Waals surface area contributed by atoms with Gasteiger partial charge in [-0.25, -0.2) is 8.91 Å². The zero-order valence-corrected chi connectivity index (χ0v) is 13.4. The number of rotatable bonds is 4. The molecule has 0 spiro atoms. The van der Waals surface area contributed by atoms with Gasteiger partial charge in [0.05, 0.1) is 0 Å². The summed E-state index contributed by atoms with van der Waals surface area (Å²) in [6.07, 6.45) is 1.81. The number of fused-ring (bicyclic) bond motifs is 1. The summed E-state index contributed by atoms with van der Waals surface area (Å²) >= 11 is 0. The average Bonchev–Trinajstić information content (AvgIpc) is 3.04. The number of hydrogen-bond donors (Lipinski definition) is 2. The van der Waals surface area contributed by atoms with E-state index in [-0.39, 0.29) is 5.82 Å². The number of aromatic nitrogens is 3. The number of nitrogens with zero attached hydrogens (tertiary/aromatic N) is 3. The van der Waals surface area contributed by atoms with Crippen molar-refractivity contribution in [2.75, 3.05) is 5.32 Å². The van der Waals surface area contributed by atoms with E-state index < -0.39 is 0 Å². The number of hydrogen-bond acceptors (Lipinski definition) is 4. The number of nitrogens with two attached hydrogens (primary N) is 1. The Bertz CT molecular complexity index is 1020. The Kier molecular flexibility index (Phi) is 3.87. The molecule has 3 N–H and O–H groups in total. The van der Waals surface area contributed by atoms with Gasteiger partial charge >= 0.3 is 0 Å². The molecule has 2 aromatic carbocycles. The molecule has 124 valence electrons. The second-order valence-corrected chi connectivity index (χ2v) is 5.66. The van der Waals surface area contributed by atoms with Crippen LogP contribution in [0.25, 0.3) is 16.8 Å². The fourth-order valence-corrected chi connectivity index (χ4v) is 2.69. The van der Waals surface area contributed by atoms with Crippen molar-refractivity contribution in [1.29, 1.82) is 0 Å². The Labute approximate surface area is 143 Å². The molecule has 0 aliphatic heterocycles. The molecular formula is C19H16FN5. The molecule has 4 rings (SSSR count). The van der Waals surface area contributed by atoms with Gasteiger partial charge in [0.15, 0.2) is 5.65 Å². The van der Waals surface area contributed by atoms with E-state index in [0.29, 0.717) is 18.1 Å². The Hall–Kier alpha value is -3.25. The largest absolute Gasteiger partial charge is 0.326 e.